The van der Waals surface area contributed by atoms with Gasteiger partial charge < -0.3 is 5.73 Å². The molecule has 0 saturated carbocycles. The zero-order chi connectivity index (χ0) is 14.9. The van der Waals surface area contributed by atoms with Crippen LogP contribution in [0.5, 0.6) is 0 Å². The van der Waals surface area contributed by atoms with Crippen molar-refractivity contribution < 1.29 is 17.2 Å². The van der Waals surface area contributed by atoms with Crippen LogP contribution >= 0.6 is 0 Å². The minimum atomic E-state index is -4.21. The molecule has 5 nitrogen and oxygen atoms in total. The van der Waals surface area contributed by atoms with Crippen LogP contribution < -0.4 is 10.5 Å². The van der Waals surface area contributed by atoms with Crippen LogP contribution in [-0.4, -0.2) is 13.4 Å². The summed E-state index contributed by atoms with van der Waals surface area (Å²) in [6, 6.07) is 3.05. The van der Waals surface area contributed by atoms with Gasteiger partial charge in [-0.1, -0.05) is 0 Å². The standard InChI is InChI=1S/C12H11F2N3O2S/c1-7-6-16-5-4-9(7)17-20(18,19)10-3-2-8(13)12(15)11(10)14/h2-6H,15H2,1H3,(H,16,17). The van der Waals surface area contributed by atoms with Crippen molar-refractivity contribution in [2.75, 3.05) is 10.5 Å². The lowest BCUT2D eigenvalue weighted by molar-refractivity contribution is 0.557. The average molecular weight is 299 g/mol. The van der Waals surface area contributed by atoms with E-state index in [4.69, 9.17) is 5.73 Å². The molecule has 0 aliphatic rings. The highest BCUT2D eigenvalue weighted by molar-refractivity contribution is 7.92. The SMILES string of the molecule is Cc1cnccc1NS(=O)(=O)c1ccc(F)c(N)c1F. The summed E-state index contributed by atoms with van der Waals surface area (Å²) in [4.78, 5) is 3.10. The van der Waals surface area contributed by atoms with E-state index < -0.39 is 32.2 Å². The third-order valence-electron chi connectivity index (χ3n) is 2.65. The van der Waals surface area contributed by atoms with Crippen molar-refractivity contribution in [3.63, 3.8) is 0 Å². The Labute approximate surface area is 114 Å². The number of pyridine rings is 1. The third-order valence-corrected chi connectivity index (χ3v) is 4.03. The zero-order valence-electron chi connectivity index (χ0n) is 10.4. The molecular formula is C12H11F2N3O2S. The monoisotopic (exact) mass is 299 g/mol. The summed E-state index contributed by atoms with van der Waals surface area (Å²) in [5.74, 6) is -2.33. The maximum atomic E-state index is 13.8. The smallest absolute Gasteiger partial charge is 0.264 e. The molecule has 0 saturated heterocycles. The quantitative estimate of drug-likeness (QED) is 0.849. The molecule has 0 bridgehead atoms. The van der Waals surface area contributed by atoms with Gasteiger partial charge in [0.1, 0.15) is 16.4 Å². The normalized spacial score (nSPS) is 11.3. The highest BCUT2D eigenvalue weighted by atomic mass is 32.2. The molecule has 1 heterocycles. The number of aryl methyl sites for hydroxylation is 1. The first kappa shape index (κ1) is 14.2. The summed E-state index contributed by atoms with van der Waals surface area (Å²) in [6.45, 7) is 1.64. The number of nitrogens with two attached hydrogens (primary N) is 1. The minimum Gasteiger partial charge on any atom is -0.394 e. The molecule has 0 amide bonds. The van der Waals surface area contributed by atoms with Crippen molar-refractivity contribution in [1.82, 2.24) is 4.98 Å². The molecule has 0 fully saturated rings. The van der Waals surface area contributed by atoms with Gasteiger partial charge in [-0.3, -0.25) is 9.71 Å². The first-order valence-electron chi connectivity index (χ1n) is 5.50. The fourth-order valence-corrected chi connectivity index (χ4v) is 2.77. The summed E-state index contributed by atoms with van der Waals surface area (Å²) in [5.41, 5.74) is 5.13. The van der Waals surface area contributed by atoms with Crippen LogP contribution in [0.15, 0.2) is 35.5 Å². The molecule has 2 rings (SSSR count). The summed E-state index contributed by atoms with van der Waals surface area (Å²) in [5, 5.41) is 0. The van der Waals surface area contributed by atoms with Crippen molar-refractivity contribution in [2.45, 2.75) is 11.8 Å². The fraction of sp³-hybridized carbons (Fsp3) is 0.0833. The fourth-order valence-electron chi connectivity index (χ4n) is 1.54. The van der Waals surface area contributed by atoms with Gasteiger partial charge in [-0.2, -0.15) is 0 Å². The molecule has 0 spiro atoms. The second-order valence-corrected chi connectivity index (χ2v) is 5.72. The van der Waals surface area contributed by atoms with Gasteiger partial charge in [0.05, 0.1) is 5.69 Å². The van der Waals surface area contributed by atoms with Gasteiger partial charge in [0.25, 0.3) is 10.0 Å². The molecule has 0 aliphatic carbocycles. The van der Waals surface area contributed by atoms with Crippen molar-refractivity contribution in [3.8, 4) is 0 Å². The molecule has 0 aliphatic heterocycles. The van der Waals surface area contributed by atoms with Crippen LogP contribution in [0.3, 0.4) is 0 Å². The zero-order valence-corrected chi connectivity index (χ0v) is 11.2. The number of nitrogens with zero attached hydrogens (tertiary/aromatic N) is 1. The van der Waals surface area contributed by atoms with E-state index in [2.05, 4.69) is 9.71 Å². The molecular weight excluding hydrogens is 288 g/mol. The maximum absolute atomic E-state index is 13.8. The number of hydrogen-bond acceptors (Lipinski definition) is 4. The number of nitrogen functional groups attached to an aromatic ring is 1. The topological polar surface area (TPSA) is 85.1 Å². The number of halogens is 2. The molecule has 0 radical (unpaired) electrons. The van der Waals surface area contributed by atoms with Crippen LogP contribution in [0, 0.1) is 18.6 Å². The Bertz CT molecular complexity index is 763. The minimum absolute atomic E-state index is 0.252. The Morgan fingerprint density at radius 2 is 1.95 bits per heavy atom. The first-order chi connectivity index (χ1) is 9.33. The third kappa shape index (κ3) is 2.55. The lowest BCUT2D eigenvalue weighted by atomic mass is 10.3. The van der Waals surface area contributed by atoms with E-state index in [0.29, 0.717) is 5.56 Å². The summed E-state index contributed by atoms with van der Waals surface area (Å²) >= 11 is 0. The van der Waals surface area contributed by atoms with Gasteiger partial charge in [-0.25, -0.2) is 17.2 Å². The number of hydrogen-bond donors (Lipinski definition) is 2. The van der Waals surface area contributed by atoms with E-state index in [1.807, 2.05) is 0 Å². The highest BCUT2D eigenvalue weighted by Gasteiger charge is 2.23. The van der Waals surface area contributed by atoms with Crippen LogP contribution in [0.2, 0.25) is 0 Å². The van der Waals surface area contributed by atoms with Crippen LogP contribution in [0.4, 0.5) is 20.2 Å². The number of nitrogens with one attached hydrogen (secondary N) is 1. The second kappa shape index (κ2) is 5.04. The van der Waals surface area contributed by atoms with Crippen molar-refractivity contribution >= 4 is 21.4 Å². The molecule has 2 aromatic rings. The predicted molar refractivity (Wildman–Crippen MR) is 70.6 cm³/mol. The summed E-state index contributed by atoms with van der Waals surface area (Å²) in [6.07, 6.45) is 2.84. The lowest BCUT2D eigenvalue weighted by Crippen LogP contribution is -2.16. The number of benzene rings is 1. The molecule has 0 atom stereocenters. The number of anilines is 2. The van der Waals surface area contributed by atoms with Gasteiger partial charge in [0.2, 0.25) is 0 Å². The van der Waals surface area contributed by atoms with E-state index in [9.17, 15) is 17.2 Å². The van der Waals surface area contributed by atoms with Gasteiger partial charge in [-0.15, -0.1) is 0 Å². The van der Waals surface area contributed by atoms with Gasteiger partial charge in [0, 0.05) is 12.4 Å². The lowest BCUT2D eigenvalue weighted by Gasteiger charge is -2.11. The van der Waals surface area contributed by atoms with Crippen molar-refractivity contribution in [1.29, 1.82) is 0 Å². The first-order valence-corrected chi connectivity index (χ1v) is 6.98. The Morgan fingerprint density at radius 1 is 1.25 bits per heavy atom. The molecule has 0 unspecified atom stereocenters. The van der Waals surface area contributed by atoms with E-state index in [-0.39, 0.29) is 5.69 Å². The predicted octanol–water partition coefficient (Wildman–Crippen LogP) is 2.05. The second-order valence-electron chi connectivity index (χ2n) is 4.07. The largest absolute Gasteiger partial charge is 0.394 e. The number of sulfonamides is 1. The van der Waals surface area contributed by atoms with E-state index in [1.54, 1.807) is 6.92 Å². The van der Waals surface area contributed by atoms with E-state index in [1.165, 1.54) is 18.5 Å². The molecule has 8 heteroatoms. The molecule has 1 aromatic heterocycles. The molecule has 20 heavy (non-hydrogen) atoms. The van der Waals surface area contributed by atoms with Crippen LogP contribution in [0.1, 0.15) is 5.56 Å². The highest BCUT2D eigenvalue weighted by Crippen LogP contribution is 2.25. The number of rotatable bonds is 3. The average Bonchev–Trinajstić information content (AvgIpc) is 2.38. The Morgan fingerprint density at radius 3 is 2.60 bits per heavy atom. The summed E-state index contributed by atoms with van der Waals surface area (Å²) in [7, 11) is -4.21. The van der Waals surface area contributed by atoms with Gasteiger partial charge in [0.15, 0.2) is 5.82 Å². The van der Waals surface area contributed by atoms with Gasteiger partial charge in [-0.05, 0) is 30.7 Å². The summed E-state index contributed by atoms with van der Waals surface area (Å²) < 4.78 is 53.2. The Hall–Kier alpha value is -2.22. The Kier molecular flexibility index (Phi) is 3.58. The molecule has 1 aromatic carbocycles. The molecule has 3 N–H and O–H groups in total. The van der Waals surface area contributed by atoms with E-state index >= 15 is 0 Å². The van der Waals surface area contributed by atoms with E-state index in [0.717, 1.165) is 12.1 Å². The van der Waals surface area contributed by atoms with Crippen molar-refractivity contribution in [2.24, 2.45) is 0 Å². The molecule has 106 valence electrons. The van der Waals surface area contributed by atoms with Crippen molar-refractivity contribution in [3.05, 3.63) is 47.8 Å². The van der Waals surface area contributed by atoms with Crippen LogP contribution in [-0.2, 0) is 10.0 Å². The number of aromatic nitrogens is 1. The maximum Gasteiger partial charge on any atom is 0.264 e. The van der Waals surface area contributed by atoms with Gasteiger partial charge >= 0.3 is 0 Å². The van der Waals surface area contributed by atoms with Crippen LogP contribution in [0.25, 0.3) is 0 Å². The Balaban J connectivity index is 2.47.